The van der Waals surface area contributed by atoms with Crippen LogP contribution >= 0.6 is 27.5 Å². The normalized spacial score (nSPS) is 11.0. The molecule has 0 heterocycles. The molecule has 0 aromatic heterocycles. The van der Waals surface area contributed by atoms with Crippen molar-refractivity contribution >= 4 is 27.5 Å². The fraction of sp³-hybridized carbons (Fsp3) is 0.455. The highest BCUT2D eigenvalue weighted by Crippen LogP contribution is 2.22. The summed E-state index contributed by atoms with van der Waals surface area (Å²) in [5.74, 6) is 0. The third-order valence-electron chi connectivity index (χ3n) is 2.27. The number of likely N-dealkylation sites (N-methyl/N-ethyl adjacent to an activating group) is 1. The largest absolute Gasteiger partial charge is 0.395 e. The maximum atomic E-state index is 8.89. The second-order valence-corrected chi connectivity index (χ2v) is 4.65. The lowest BCUT2D eigenvalue weighted by Gasteiger charge is -2.19. The van der Waals surface area contributed by atoms with Gasteiger partial charge in [-0.05, 0) is 30.3 Å². The van der Waals surface area contributed by atoms with Gasteiger partial charge in [-0.1, -0.05) is 34.5 Å². The topological polar surface area (TPSA) is 23.5 Å². The smallest absolute Gasteiger partial charge is 0.0558 e. The lowest BCUT2D eigenvalue weighted by molar-refractivity contribution is 0.197. The molecular weight excluding hydrogens is 277 g/mol. The lowest BCUT2D eigenvalue weighted by atomic mass is 10.2. The van der Waals surface area contributed by atoms with Crippen LogP contribution in [0.2, 0.25) is 5.02 Å². The minimum absolute atomic E-state index is 0.180. The highest BCUT2D eigenvalue weighted by atomic mass is 79.9. The van der Waals surface area contributed by atoms with Gasteiger partial charge in [0.15, 0.2) is 0 Å². The highest BCUT2D eigenvalue weighted by molar-refractivity contribution is 9.10. The zero-order valence-electron chi connectivity index (χ0n) is 8.71. The van der Waals surface area contributed by atoms with E-state index in [2.05, 4.69) is 27.8 Å². The van der Waals surface area contributed by atoms with Crippen molar-refractivity contribution in [1.82, 2.24) is 4.90 Å². The van der Waals surface area contributed by atoms with E-state index in [1.807, 2.05) is 18.2 Å². The van der Waals surface area contributed by atoms with E-state index < -0.39 is 0 Å². The quantitative estimate of drug-likeness (QED) is 0.902. The van der Waals surface area contributed by atoms with E-state index in [0.717, 1.165) is 28.1 Å². The van der Waals surface area contributed by atoms with Gasteiger partial charge in [0.25, 0.3) is 0 Å². The summed E-state index contributed by atoms with van der Waals surface area (Å²) in [6.07, 6.45) is 0. The second-order valence-electron chi connectivity index (χ2n) is 3.33. The van der Waals surface area contributed by atoms with E-state index in [-0.39, 0.29) is 6.61 Å². The Morgan fingerprint density at radius 1 is 1.47 bits per heavy atom. The fourth-order valence-corrected chi connectivity index (χ4v) is 1.98. The average molecular weight is 293 g/mol. The van der Waals surface area contributed by atoms with Gasteiger partial charge < -0.3 is 5.11 Å². The first kappa shape index (κ1) is 13.0. The van der Waals surface area contributed by atoms with E-state index in [1.54, 1.807) is 0 Å². The Morgan fingerprint density at radius 2 is 2.20 bits per heavy atom. The van der Waals surface area contributed by atoms with Crippen LogP contribution in [-0.2, 0) is 6.54 Å². The molecule has 1 aromatic carbocycles. The average Bonchev–Trinajstić information content (AvgIpc) is 2.22. The van der Waals surface area contributed by atoms with Crippen LogP contribution in [0.4, 0.5) is 0 Å². The number of benzene rings is 1. The van der Waals surface area contributed by atoms with Gasteiger partial charge in [0.05, 0.1) is 6.61 Å². The molecule has 15 heavy (non-hydrogen) atoms. The summed E-state index contributed by atoms with van der Waals surface area (Å²) < 4.78 is 1.03. The molecule has 2 nitrogen and oxygen atoms in total. The molecule has 0 spiro atoms. The van der Waals surface area contributed by atoms with E-state index in [9.17, 15) is 0 Å². The summed E-state index contributed by atoms with van der Waals surface area (Å²) in [6.45, 7) is 4.61. The van der Waals surface area contributed by atoms with Crippen LogP contribution in [-0.4, -0.2) is 29.7 Å². The molecule has 0 aliphatic rings. The Labute approximate surface area is 104 Å². The monoisotopic (exact) mass is 291 g/mol. The van der Waals surface area contributed by atoms with Gasteiger partial charge in [0.1, 0.15) is 0 Å². The Bertz CT molecular complexity index is 319. The molecule has 0 atom stereocenters. The Balaban J connectivity index is 2.73. The van der Waals surface area contributed by atoms with E-state index in [1.165, 1.54) is 0 Å². The van der Waals surface area contributed by atoms with Crippen molar-refractivity contribution in [2.24, 2.45) is 0 Å². The number of rotatable bonds is 5. The van der Waals surface area contributed by atoms with Crippen molar-refractivity contribution in [3.05, 3.63) is 33.3 Å². The van der Waals surface area contributed by atoms with Crippen LogP contribution in [0.3, 0.4) is 0 Å². The van der Waals surface area contributed by atoms with Gasteiger partial charge in [0, 0.05) is 22.6 Å². The summed E-state index contributed by atoms with van der Waals surface area (Å²) in [6, 6.07) is 5.82. The first-order chi connectivity index (χ1) is 7.17. The molecule has 0 bridgehead atoms. The molecule has 0 aliphatic heterocycles. The first-order valence-corrected chi connectivity index (χ1v) is 6.11. The van der Waals surface area contributed by atoms with Gasteiger partial charge in [-0.3, -0.25) is 4.90 Å². The van der Waals surface area contributed by atoms with Crippen molar-refractivity contribution in [1.29, 1.82) is 0 Å². The highest BCUT2D eigenvalue weighted by Gasteiger charge is 2.06. The number of halogens is 2. The summed E-state index contributed by atoms with van der Waals surface area (Å²) in [4.78, 5) is 2.15. The maximum Gasteiger partial charge on any atom is 0.0558 e. The molecule has 1 rings (SSSR count). The standard InChI is InChI=1S/C11H15BrClNO/c1-2-14(5-6-15)8-9-7-10(12)3-4-11(9)13/h3-4,7,15H,2,5-6,8H2,1H3. The fourth-order valence-electron chi connectivity index (χ4n) is 1.40. The van der Waals surface area contributed by atoms with E-state index in [4.69, 9.17) is 16.7 Å². The summed E-state index contributed by atoms with van der Waals surface area (Å²) in [5, 5.41) is 9.66. The maximum absolute atomic E-state index is 8.89. The molecule has 0 fully saturated rings. The second kappa shape index (κ2) is 6.48. The number of nitrogens with zero attached hydrogens (tertiary/aromatic N) is 1. The van der Waals surface area contributed by atoms with Crippen LogP contribution < -0.4 is 0 Å². The van der Waals surface area contributed by atoms with Crippen molar-refractivity contribution in [2.45, 2.75) is 13.5 Å². The molecule has 0 aliphatic carbocycles. The molecule has 4 heteroatoms. The van der Waals surface area contributed by atoms with Crippen LogP contribution in [0.1, 0.15) is 12.5 Å². The third-order valence-corrected chi connectivity index (χ3v) is 3.13. The van der Waals surface area contributed by atoms with Crippen LogP contribution in [0.25, 0.3) is 0 Å². The summed E-state index contributed by atoms with van der Waals surface area (Å²) >= 11 is 9.51. The van der Waals surface area contributed by atoms with Gasteiger partial charge in [-0.2, -0.15) is 0 Å². The molecule has 1 N–H and O–H groups in total. The van der Waals surface area contributed by atoms with Gasteiger partial charge in [-0.15, -0.1) is 0 Å². The molecule has 1 aromatic rings. The number of aliphatic hydroxyl groups is 1. The van der Waals surface area contributed by atoms with Crippen LogP contribution in [0.15, 0.2) is 22.7 Å². The third kappa shape index (κ3) is 4.11. The molecular formula is C11H15BrClNO. The summed E-state index contributed by atoms with van der Waals surface area (Å²) in [5.41, 5.74) is 1.08. The molecule has 84 valence electrons. The zero-order chi connectivity index (χ0) is 11.3. The van der Waals surface area contributed by atoms with Crippen molar-refractivity contribution < 1.29 is 5.11 Å². The molecule has 0 saturated carbocycles. The van der Waals surface area contributed by atoms with Crippen molar-refractivity contribution in [3.63, 3.8) is 0 Å². The SMILES string of the molecule is CCN(CCO)Cc1cc(Br)ccc1Cl. The lowest BCUT2D eigenvalue weighted by Crippen LogP contribution is -2.26. The van der Waals surface area contributed by atoms with Gasteiger partial charge in [0.2, 0.25) is 0 Å². The van der Waals surface area contributed by atoms with E-state index >= 15 is 0 Å². The van der Waals surface area contributed by atoms with Crippen molar-refractivity contribution in [2.75, 3.05) is 19.7 Å². The van der Waals surface area contributed by atoms with E-state index in [0.29, 0.717) is 6.54 Å². The minimum atomic E-state index is 0.180. The molecule has 0 saturated heterocycles. The number of hydrogen-bond acceptors (Lipinski definition) is 2. The predicted octanol–water partition coefficient (Wildman–Crippen LogP) is 2.92. The predicted molar refractivity (Wildman–Crippen MR) is 67.2 cm³/mol. The van der Waals surface area contributed by atoms with Gasteiger partial charge in [-0.25, -0.2) is 0 Å². The van der Waals surface area contributed by atoms with Crippen molar-refractivity contribution in [3.8, 4) is 0 Å². The van der Waals surface area contributed by atoms with Crippen LogP contribution in [0, 0.1) is 0 Å². The minimum Gasteiger partial charge on any atom is -0.395 e. The van der Waals surface area contributed by atoms with Gasteiger partial charge >= 0.3 is 0 Å². The number of aliphatic hydroxyl groups excluding tert-OH is 1. The summed E-state index contributed by atoms with van der Waals surface area (Å²) in [7, 11) is 0. The Kier molecular flexibility index (Phi) is 5.61. The van der Waals surface area contributed by atoms with Crippen LogP contribution in [0.5, 0.6) is 0 Å². The molecule has 0 radical (unpaired) electrons. The number of hydrogen-bond donors (Lipinski definition) is 1. The molecule has 0 amide bonds. The Hall–Kier alpha value is -0.0900. The first-order valence-electron chi connectivity index (χ1n) is 4.94. The zero-order valence-corrected chi connectivity index (χ0v) is 11.1. The Morgan fingerprint density at radius 3 is 2.80 bits per heavy atom. The molecule has 0 unspecified atom stereocenters.